The fraction of sp³-hybridized carbons (Fsp3) is 0. The lowest BCUT2D eigenvalue weighted by Crippen LogP contribution is -2.16. The summed E-state index contributed by atoms with van der Waals surface area (Å²) in [7, 11) is 0. The number of hydrogen-bond donors (Lipinski definition) is 1. The number of halogens is 1. The van der Waals surface area contributed by atoms with Gasteiger partial charge in [-0.1, -0.05) is 5.92 Å². The average Bonchev–Trinajstić information content (AvgIpc) is 2.01. The molecule has 0 aromatic heterocycles. The molecule has 0 saturated heterocycles. The number of carbonyl (C=O) groups excluding carboxylic acids is 1. The molecule has 0 unspecified atom stereocenters. The first-order valence-corrected chi connectivity index (χ1v) is 3.36. The van der Waals surface area contributed by atoms with E-state index < -0.39 is 11.9 Å². The van der Waals surface area contributed by atoms with Crippen LogP contribution in [0.5, 0.6) is 5.75 Å². The third kappa shape index (κ3) is 2.49. The van der Waals surface area contributed by atoms with E-state index in [1.54, 1.807) is 0 Å². The first-order chi connectivity index (χ1) is 6.11. The second-order valence-electron chi connectivity index (χ2n) is 2.24. The van der Waals surface area contributed by atoms with Crippen molar-refractivity contribution in [2.75, 3.05) is 0 Å². The zero-order chi connectivity index (χ0) is 9.84. The van der Waals surface area contributed by atoms with Gasteiger partial charge in [-0.3, -0.25) is 0 Å². The minimum Gasteiger partial charge on any atom is -0.410 e. The topological polar surface area (TPSA) is 52.3 Å². The Balaban J connectivity index is 3.03. The zero-order valence-corrected chi connectivity index (χ0v) is 6.58. The molecule has 0 saturated carbocycles. The maximum atomic E-state index is 12.7. The SMILES string of the molecule is C#Cc1cc(F)cc(OC(N)=O)c1. The lowest BCUT2D eigenvalue weighted by Gasteiger charge is -2.00. The molecule has 13 heavy (non-hydrogen) atoms. The number of ether oxygens (including phenoxy) is 1. The summed E-state index contributed by atoms with van der Waals surface area (Å²) in [5, 5.41) is 0. The number of primary amides is 1. The van der Waals surface area contributed by atoms with Gasteiger partial charge in [0.1, 0.15) is 11.6 Å². The van der Waals surface area contributed by atoms with E-state index in [1.165, 1.54) is 6.07 Å². The van der Waals surface area contributed by atoms with E-state index in [2.05, 4.69) is 10.7 Å². The van der Waals surface area contributed by atoms with Crippen LogP contribution < -0.4 is 10.5 Å². The standard InChI is InChI=1S/C9H6FNO2/c1-2-6-3-7(10)5-8(4-6)13-9(11)12/h1,3-5H,(H2,11,12). The predicted octanol–water partition coefficient (Wildman–Crippen LogP) is 1.26. The van der Waals surface area contributed by atoms with E-state index in [4.69, 9.17) is 12.2 Å². The molecule has 1 aromatic carbocycles. The molecule has 0 aliphatic carbocycles. The average molecular weight is 179 g/mol. The van der Waals surface area contributed by atoms with Crippen molar-refractivity contribution < 1.29 is 13.9 Å². The highest BCUT2D eigenvalue weighted by Crippen LogP contribution is 2.15. The highest BCUT2D eigenvalue weighted by molar-refractivity contribution is 5.68. The van der Waals surface area contributed by atoms with Crippen molar-refractivity contribution in [2.45, 2.75) is 0 Å². The minimum absolute atomic E-state index is 0.000417. The quantitative estimate of drug-likeness (QED) is 0.660. The molecule has 1 aromatic rings. The fourth-order valence-electron chi connectivity index (χ4n) is 0.821. The third-order valence-corrected chi connectivity index (χ3v) is 1.26. The van der Waals surface area contributed by atoms with E-state index in [1.807, 2.05) is 0 Å². The predicted molar refractivity (Wildman–Crippen MR) is 44.5 cm³/mol. The van der Waals surface area contributed by atoms with Gasteiger partial charge in [0.05, 0.1) is 0 Å². The molecule has 1 rings (SSSR count). The van der Waals surface area contributed by atoms with Gasteiger partial charge in [0.25, 0.3) is 0 Å². The van der Waals surface area contributed by atoms with Crippen LogP contribution >= 0.6 is 0 Å². The van der Waals surface area contributed by atoms with Crippen LogP contribution in [0.25, 0.3) is 0 Å². The van der Waals surface area contributed by atoms with Crippen molar-refractivity contribution in [2.24, 2.45) is 5.73 Å². The van der Waals surface area contributed by atoms with Crippen molar-refractivity contribution in [3.8, 4) is 18.1 Å². The number of carbonyl (C=O) groups is 1. The molecule has 2 N–H and O–H groups in total. The number of amides is 1. The van der Waals surface area contributed by atoms with Crippen LogP contribution in [-0.2, 0) is 0 Å². The molecule has 0 atom stereocenters. The van der Waals surface area contributed by atoms with E-state index in [0.717, 1.165) is 12.1 Å². The molecule has 0 fully saturated rings. The van der Waals surface area contributed by atoms with Gasteiger partial charge < -0.3 is 10.5 Å². The molecule has 3 nitrogen and oxygen atoms in total. The van der Waals surface area contributed by atoms with Gasteiger partial charge in [-0.05, 0) is 12.1 Å². The Morgan fingerprint density at radius 2 is 2.23 bits per heavy atom. The number of terminal acetylenes is 1. The van der Waals surface area contributed by atoms with Gasteiger partial charge in [-0.25, -0.2) is 9.18 Å². The number of rotatable bonds is 1. The number of benzene rings is 1. The van der Waals surface area contributed by atoms with Crippen molar-refractivity contribution in [3.05, 3.63) is 29.6 Å². The van der Waals surface area contributed by atoms with Gasteiger partial charge in [0.15, 0.2) is 0 Å². The molecule has 0 heterocycles. The maximum Gasteiger partial charge on any atom is 0.409 e. The second kappa shape index (κ2) is 3.59. The van der Waals surface area contributed by atoms with Crippen LogP contribution in [0.2, 0.25) is 0 Å². The summed E-state index contributed by atoms with van der Waals surface area (Å²) in [6.07, 6.45) is 4.02. The Labute approximate surface area is 74.3 Å². The van der Waals surface area contributed by atoms with Crippen molar-refractivity contribution in [1.29, 1.82) is 0 Å². The summed E-state index contributed by atoms with van der Waals surface area (Å²) in [4.78, 5) is 10.3. The second-order valence-corrected chi connectivity index (χ2v) is 2.24. The first kappa shape index (κ1) is 9.07. The summed E-state index contributed by atoms with van der Waals surface area (Å²) in [5.74, 6) is 1.63. The molecule has 0 radical (unpaired) electrons. The van der Waals surface area contributed by atoms with E-state index in [9.17, 15) is 9.18 Å². The van der Waals surface area contributed by atoms with Crippen LogP contribution in [-0.4, -0.2) is 6.09 Å². The van der Waals surface area contributed by atoms with Crippen molar-refractivity contribution in [1.82, 2.24) is 0 Å². The lowest BCUT2D eigenvalue weighted by molar-refractivity contribution is 0.210. The van der Waals surface area contributed by atoms with Crippen LogP contribution in [0.15, 0.2) is 18.2 Å². The Hall–Kier alpha value is -2.02. The van der Waals surface area contributed by atoms with Gasteiger partial charge in [-0.2, -0.15) is 0 Å². The van der Waals surface area contributed by atoms with Crippen molar-refractivity contribution in [3.63, 3.8) is 0 Å². The Morgan fingerprint density at radius 3 is 2.77 bits per heavy atom. The van der Waals surface area contributed by atoms with Gasteiger partial charge in [-0.15, -0.1) is 6.42 Å². The maximum absolute atomic E-state index is 12.7. The van der Waals surface area contributed by atoms with E-state index in [0.29, 0.717) is 0 Å². The summed E-state index contributed by atoms with van der Waals surface area (Å²) in [6, 6.07) is 3.51. The molecule has 0 bridgehead atoms. The Morgan fingerprint density at radius 1 is 1.54 bits per heavy atom. The third-order valence-electron chi connectivity index (χ3n) is 1.26. The van der Waals surface area contributed by atoms with Crippen LogP contribution in [0, 0.1) is 18.2 Å². The number of nitrogens with two attached hydrogens (primary N) is 1. The number of hydrogen-bond acceptors (Lipinski definition) is 2. The Bertz CT molecular complexity index is 382. The fourth-order valence-corrected chi connectivity index (χ4v) is 0.821. The summed E-state index contributed by atoms with van der Waals surface area (Å²) in [5.41, 5.74) is 5.02. The largest absolute Gasteiger partial charge is 0.410 e. The lowest BCUT2D eigenvalue weighted by atomic mass is 10.2. The molecule has 4 heteroatoms. The highest BCUT2D eigenvalue weighted by Gasteiger charge is 2.02. The molecule has 1 amide bonds. The van der Waals surface area contributed by atoms with Crippen LogP contribution in [0.1, 0.15) is 5.56 Å². The summed E-state index contributed by atoms with van der Waals surface area (Å²) in [6.45, 7) is 0. The van der Waals surface area contributed by atoms with Gasteiger partial charge in [0, 0.05) is 11.6 Å². The van der Waals surface area contributed by atoms with Crippen LogP contribution in [0.4, 0.5) is 9.18 Å². The monoisotopic (exact) mass is 179 g/mol. The molecule has 0 spiro atoms. The molecule has 66 valence electrons. The summed E-state index contributed by atoms with van der Waals surface area (Å²) >= 11 is 0. The Kier molecular flexibility index (Phi) is 2.50. The zero-order valence-electron chi connectivity index (χ0n) is 6.58. The van der Waals surface area contributed by atoms with Crippen LogP contribution in [0.3, 0.4) is 0 Å². The molecular formula is C9H6FNO2. The normalized spacial score (nSPS) is 8.92. The molecular weight excluding hydrogens is 173 g/mol. The first-order valence-electron chi connectivity index (χ1n) is 3.36. The molecule has 0 aliphatic rings. The van der Waals surface area contributed by atoms with Gasteiger partial charge >= 0.3 is 6.09 Å². The minimum atomic E-state index is -1.01. The van der Waals surface area contributed by atoms with Gasteiger partial charge in [0.2, 0.25) is 0 Å². The summed E-state index contributed by atoms with van der Waals surface area (Å²) < 4.78 is 17.2. The van der Waals surface area contributed by atoms with E-state index >= 15 is 0 Å². The van der Waals surface area contributed by atoms with Crippen molar-refractivity contribution >= 4 is 6.09 Å². The smallest absolute Gasteiger partial charge is 0.409 e. The van der Waals surface area contributed by atoms with E-state index in [-0.39, 0.29) is 11.3 Å². The highest BCUT2D eigenvalue weighted by atomic mass is 19.1. The molecule has 0 aliphatic heterocycles.